The molecule has 1 rings (SSSR count). The Bertz CT molecular complexity index is 348. The SMILES string of the molecule is CCNC(CCC(=O)O)C(=O)c1cccs1. The lowest BCUT2D eigenvalue weighted by Crippen LogP contribution is -2.36. The van der Waals surface area contributed by atoms with Crippen LogP contribution in [0.25, 0.3) is 0 Å². The molecule has 0 aliphatic heterocycles. The number of ketones is 1. The Morgan fingerprint density at radius 2 is 2.31 bits per heavy atom. The summed E-state index contributed by atoms with van der Waals surface area (Å²) in [5.74, 6) is -0.889. The van der Waals surface area contributed by atoms with Gasteiger partial charge in [-0.1, -0.05) is 13.0 Å². The number of hydrogen-bond acceptors (Lipinski definition) is 4. The van der Waals surface area contributed by atoms with E-state index in [2.05, 4.69) is 5.32 Å². The number of carboxylic acids is 1. The van der Waals surface area contributed by atoms with Crippen molar-refractivity contribution >= 4 is 23.1 Å². The number of rotatable bonds is 7. The van der Waals surface area contributed by atoms with Gasteiger partial charge in [0.1, 0.15) is 0 Å². The van der Waals surface area contributed by atoms with Gasteiger partial charge in [0.15, 0.2) is 5.78 Å². The maximum atomic E-state index is 12.0. The summed E-state index contributed by atoms with van der Waals surface area (Å²) in [7, 11) is 0. The molecule has 1 heterocycles. The highest BCUT2D eigenvalue weighted by Crippen LogP contribution is 2.13. The van der Waals surface area contributed by atoms with E-state index in [0.29, 0.717) is 17.8 Å². The summed E-state index contributed by atoms with van der Waals surface area (Å²) in [6.45, 7) is 2.55. The molecular formula is C11H15NO3S. The van der Waals surface area contributed by atoms with Gasteiger partial charge in [-0.2, -0.15) is 0 Å². The number of Topliss-reactive ketones (excluding diaryl/α,β-unsaturated/α-hetero) is 1. The number of aliphatic carboxylic acids is 1. The summed E-state index contributed by atoms with van der Waals surface area (Å²) in [5.41, 5.74) is 0. The Morgan fingerprint density at radius 3 is 2.81 bits per heavy atom. The van der Waals surface area contributed by atoms with Crippen molar-refractivity contribution in [3.63, 3.8) is 0 Å². The lowest BCUT2D eigenvalue weighted by atomic mass is 10.1. The Kier molecular flexibility index (Phi) is 5.14. The van der Waals surface area contributed by atoms with E-state index in [-0.39, 0.29) is 18.2 Å². The molecule has 0 aliphatic rings. The van der Waals surface area contributed by atoms with Crippen LogP contribution in [0.1, 0.15) is 29.4 Å². The van der Waals surface area contributed by atoms with Crippen molar-refractivity contribution in [2.75, 3.05) is 6.54 Å². The second kappa shape index (κ2) is 6.40. The van der Waals surface area contributed by atoms with Crippen LogP contribution in [-0.4, -0.2) is 29.4 Å². The summed E-state index contributed by atoms with van der Waals surface area (Å²) < 4.78 is 0. The van der Waals surface area contributed by atoms with Gasteiger partial charge in [-0.25, -0.2) is 0 Å². The minimum absolute atomic E-state index is 0.00871. The van der Waals surface area contributed by atoms with Crippen LogP contribution in [-0.2, 0) is 4.79 Å². The topological polar surface area (TPSA) is 66.4 Å². The van der Waals surface area contributed by atoms with Gasteiger partial charge in [-0.3, -0.25) is 9.59 Å². The van der Waals surface area contributed by atoms with Crippen LogP contribution in [0.2, 0.25) is 0 Å². The van der Waals surface area contributed by atoms with E-state index in [1.807, 2.05) is 18.4 Å². The Balaban J connectivity index is 2.62. The van der Waals surface area contributed by atoms with Crippen LogP contribution in [0.3, 0.4) is 0 Å². The monoisotopic (exact) mass is 241 g/mol. The van der Waals surface area contributed by atoms with Gasteiger partial charge in [-0.05, 0) is 24.4 Å². The van der Waals surface area contributed by atoms with Crippen LogP contribution in [0.15, 0.2) is 17.5 Å². The van der Waals surface area contributed by atoms with Gasteiger partial charge in [0, 0.05) is 6.42 Å². The highest BCUT2D eigenvalue weighted by molar-refractivity contribution is 7.12. The van der Waals surface area contributed by atoms with E-state index in [1.165, 1.54) is 11.3 Å². The first-order chi connectivity index (χ1) is 7.65. The summed E-state index contributed by atoms with van der Waals surface area (Å²) in [4.78, 5) is 23.1. The summed E-state index contributed by atoms with van der Waals surface area (Å²) >= 11 is 1.38. The fourth-order valence-electron chi connectivity index (χ4n) is 1.43. The number of carboxylic acid groups (broad SMARTS) is 1. The minimum Gasteiger partial charge on any atom is -0.481 e. The molecule has 1 atom stereocenters. The van der Waals surface area contributed by atoms with Crippen molar-refractivity contribution < 1.29 is 14.7 Å². The Labute approximate surface area is 98.3 Å². The fraction of sp³-hybridized carbons (Fsp3) is 0.455. The number of likely N-dealkylation sites (N-methyl/N-ethyl adjacent to an activating group) is 1. The average molecular weight is 241 g/mol. The Hall–Kier alpha value is -1.20. The molecule has 0 bridgehead atoms. The third kappa shape index (κ3) is 3.75. The zero-order valence-corrected chi connectivity index (χ0v) is 9.92. The average Bonchev–Trinajstić information content (AvgIpc) is 2.76. The molecule has 5 heteroatoms. The second-order valence-electron chi connectivity index (χ2n) is 3.38. The van der Waals surface area contributed by atoms with Crippen LogP contribution in [0.5, 0.6) is 0 Å². The number of nitrogens with one attached hydrogen (secondary N) is 1. The van der Waals surface area contributed by atoms with E-state index in [0.717, 1.165) is 0 Å². The lowest BCUT2D eigenvalue weighted by molar-refractivity contribution is -0.137. The van der Waals surface area contributed by atoms with Crippen LogP contribution >= 0.6 is 11.3 Å². The minimum atomic E-state index is -0.873. The van der Waals surface area contributed by atoms with E-state index >= 15 is 0 Å². The lowest BCUT2D eigenvalue weighted by Gasteiger charge is -2.14. The van der Waals surface area contributed by atoms with Gasteiger partial charge in [-0.15, -0.1) is 11.3 Å². The largest absolute Gasteiger partial charge is 0.481 e. The summed E-state index contributed by atoms with van der Waals surface area (Å²) in [6, 6.07) is 3.19. The van der Waals surface area contributed by atoms with E-state index in [4.69, 9.17) is 5.11 Å². The predicted molar refractivity (Wildman–Crippen MR) is 63.0 cm³/mol. The predicted octanol–water partition coefficient (Wildman–Crippen LogP) is 1.77. The molecular weight excluding hydrogens is 226 g/mol. The molecule has 0 aromatic carbocycles. The molecule has 1 unspecified atom stereocenters. The molecule has 16 heavy (non-hydrogen) atoms. The van der Waals surface area contributed by atoms with E-state index in [1.54, 1.807) is 6.07 Å². The standard InChI is InChI=1S/C11H15NO3S/c1-2-12-8(5-6-10(13)14)11(15)9-4-3-7-16-9/h3-4,7-8,12H,2,5-6H2,1H3,(H,13,14). The molecule has 0 amide bonds. The normalized spacial score (nSPS) is 12.3. The smallest absolute Gasteiger partial charge is 0.303 e. The van der Waals surface area contributed by atoms with Gasteiger partial charge in [0.05, 0.1) is 10.9 Å². The molecule has 0 aliphatic carbocycles. The first-order valence-corrected chi connectivity index (χ1v) is 6.06. The van der Waals surface area contributed by atoms with Crippen molar-refractivity contribution in [2.45, 2.75) is 25.8 Å². The van der Waals surface area contributed by atoms with Crippen LogP contribution < -0.4 is 5.32 Å². The summed E-state index contributed by atoms with van der Waals surface area (Å²) in [6.07, 6.45) is 0.342. The highest BCUT2D eigenvalue weighted by atomic mass is 32.1. The van der Waals surface area contributed by atoms with Crippen molar-refractivity contribution in [1.82, 2.24) is 5.32 Å². The van der Waals surface area contributed by atoms with E-state index < -0.39 is 5.97 Å². The number of thiophene rings is 1. The quantitative estimate of drug-likeness (QED) is 0.714. The molecule has 1 aromatic rings. The molecule has 0 saturated carbocycles. The van der Waals surface area contributed by atoms with Gasteiger partial charge < -0.3 is 10.4 Å². The van der Waals surface area contributed by atoms with Gasteiger partial charge in [0.2, 0.25) is 0 Å². The molecule has 88 valence electrons. The third-order valence-corrected chi connectivity index (χ3v) is 3.06. The maximum Gasteiger partial charge on any atom is 0.303 e. The molecule has 0 radical (unpaired) electrons. The van der Waals surface area contributed by atoms with Crippen molar-refractivity contribution in [1.29, 1.82) is 0 Å². The van der Waals surface area contributed by atoms with Crippen LogP contribution in [0.4, 0.5) is 0 Å². The zero-order valence-electron chi connectivity index (χ0n) is 9.10. The van der Waals surface area contributed by atoms with Crippen molar-refractivity contribution in [2.24, 2.45) is 0 Å². The molecule has 0 fully saturated rings. The molecule has 4 nitrogen and oxygen atoms in total. The molecule has 0 saturated heterocycles. The zero-order chi connectivity index (χ0) is 12.0. The second-order valence-corrected chi connectivity index (χ2v) is 4.33. The number of carbonyl (C=O) groups is 2. The molecule has 0 spiro atoms. The first kappa shape index (κ1) is 12.9. The number of hydrogen-bond donors (Lipinski definition) is 2. The molecule has 1 aromatic heterocycles. The highest BCUT2D eigenvalue weighted by Gasteiger charge is 2.20. The third-order valence-electron chi connectivity index (χ3n) is 2.18. The first-order valence-electron chi connectivity index (χ1n) is 5.18. The van der Waals surface area contributed by atoms with Gasteiger partial charge >= 0.3 is 5.97 Å². The Morgan fingerprint density at radius 1 is 1.56 bits per heavy atom. The van der Waals surface area contributed by atoms with Crippen molar-refractivity contribution in [3.05, 3.63) is 22.4 Å². The summed E-state index contributed by atoms with van der Waals surface area (Å²) in [5, 5.41) is 13.5. The van der Waals surface area contributed by atoms with E-state index in [9.17, 15) is 9.59 Å². The van der Waals surface area contributed by atoms with Crippen molar-refractivity contribution in [3.8, 4) is 0 Å². The molecule has 2 N–H and O–H groups in total. The van der Waals surface area contributed by atoms with Crippen LogP contribution in [0, 0.1) is 0 Å². The van der Waals surface area contributed by atoms with Gasteiger partial charge in [0.25, 0.3) is 0 Å². The fourth-order valence-corrected chi connectivity index (χ4v) is 2.15. The number of carbonyl (C=O) groups excluding carboxylic acids is 1. The maximum absolute atomic E-state index is 12.0.